The number of aromatic nitrogens is 2. The number of carboxylic acid groups (broad SMARTS) is 1. The first-order valence-corrected chi connectivity index (χ1v) is 10.3. The van der Waals surface area contributed by atoms with E-state index in [1.807, 2.05) is 6.07 Å². The van der Waals surface area contributed by atoms with Gasteiger partial charge >= 0.3 is 5.97 Å². The zero-order valence-corrected chi connectivity index (χ0v) is 17.8. The second-order valence-corrected chi connectivity index (χ2v) is 7.90. The molecular weight excluding hydrogens is 436 g/mol. The third-order valence-corrected chi connectivity index (χ3v) is 5.66. The Balaban J connectivity index is 1.54. The predicted octanol–water partition coefficient (Wildman–Crippen LogP) is 2.47. The number of Topliss-reactive ketones (excluding diaryl/α,β-unsaturated/α-hetero) is 1. The summed E-state index contributed by atoms with van der Waals surface area (Å²) in [4.78, 5) is 59.9. The highest BCUT2D eigenvalue weighted by Gasteiger charge is 2.34. The van der Waals surface area contributed by atoms with Crippen molar-refractivity contribution in [2.24, 2.45) is 0 Å². The highest BCUT2D eigenvalue weighted by molar-refractivity contribution is 6.45. The van der Waals surface area contributed by atoms with Crippen LogP contribution in [0.1, 0.15) is 38.0 Å². The van der Waals surface area contributed by atoms with Crippen LogP contribution >= 0.6 is 11.6 Å². The molecule has 3 heterocycles. The van der Waals surface area contributed by atoms with Crippen molar-refractivity contribution >= 4 is 46.2 Å². The highest BCUT2D eigenvalue weighted by Crippen LogP contribution is 2.25. The second-order valence-electron chi connectivity index (χ2n) is 7.52. The number of rotatable bonds is 4. The van der Waals surface area contributed by atoms with E-state index >= 15 is 0 Å². The van der Waals surface area contributed by atoms with E-state index in [1.54, 1.807) is 36.1 Å². The number of aromatic carboxylic acids is 1. The minimum atomic E-state index is -1.24. The van der Waals surface area contributed by atoms with Crippen molar-refractivity contribution in [3.8, 4) is 0 Å². The first-order valence-electron chi connectivity index (χ1n) is 9.88. The van der Waals surface area contributed by atoms with E-state index in [4.69, 9.17) is 11.6 Å². The molecule has 1 aliphatic rings. The Morgan fingerprint density at radius 1 is 1.12 bits per heavy atom. The molecule has 0 radical (unpaired) electrons. The summed E-state index contributed by atoms with van der Waals surface area (Å²) in [5.41, 5.74) is 0.507. The van der Waals surface area contributed by atoms with Gasteiger partial charge in [-0.15, -0.1) is 0 Å². The van der Waals surface area contributed by atoms with Gasteiger partial charge in [0.2, 0.25) is 0 Å². The molecule has 0 aliphatic carbocycles. The minimum absolute atomic E-state index is 0.0267. The van der Waals surface area contributed by atoms with Gasteiger partial charge in [-0.25, -0.2) is 9.78 Å². The number of pyridine rings is 1. The number of benzene rings is 1. The quantitative estimate of drug-likeness (QED) is 0.354. The van der Waals surface area contributed by atoms with Crippen LogP contribution in [0.15, 0.2) is 42.6 Å². The van der Waals surface area contributed by atoms with E-state index in [-0.39, 0.29) is 58.9 Å². The van der Waals surface area contributed by atoms with Gasteiger partial charge in [-0.3, -0.25) is 14.4 Å². The molecule has 9 nitrogen and oxygen atoms in total. The number of H-pyrrole nitrogens is 1. The average Bonchev–Trinajstić information content (AvgIpc) is 3.21. The molecule has 32 heavy (non-hydrogen) atoms. The Hall–Kier alpha value is -3.72. The summed E-state index contributed by atoms with van der Waals surface area (Å²) in [7, 11) is 0. The molecule has 1 saturated heterocycles. The van der Waals surface area contributed by atoms with Crippen molar-refractivity contribution in [1.29, 1.82) is 0 Å². The van der Waals surface area contributed by atoms with Crippen LogP contribution in [0.2, 0.25) is 5.15 Å². The number of amides is 2. The number of fused-ring (bicyclic) bond motifs is 1. The van der Waals surface area contributed by atoms with Gasteiger partial charge in [0.1, 0.15) is 10.7 Å². The van der Waals surface area contributed by atoms with E-state index in [9.17, 15) is 24.3 Å². The SMILES string of the molecule is C[C@@H]1CN(C(=O)c2ccccc2)CCN1C(=O)C(=O)c1c[nH]c2c(C(=O)O)cc(Cl)nc12. The molecule has 1 atom stereocenters. The molecule has 0 spiro atoms. The van der Waals surface area contributed by atoms with E-state index in [2.05, 4.69) is 9.97 Å². The molecule has 1 aromatic carbocycles. The number of hydrogen-bond donors (Lipinski definition) is 2. The van der Waals surface area contributed by atoms with Crippen molar-refractivity contribution in [3.63, 3.8) is 0 Å². The third-order valence-electron chi connectivity index (χ3n) is 5.47. The number of aromatic amines is 1. The molecule has 10 heteroatoms. The molecule has 0 unspecified atom stereocenters. The van der Waals surface area contributed by atoms with Gasteiger partial charge in [0.15, 0.2) is 0 Å². The summed E-state index contributed by atoms with van der Waals surface area (Å²) < 4.78 is 0. The highest BCUT2D eigenvalue weighted by atomic mass is 35.5. The lowest BCUT2D eigenvalue weighted by Crippen LogP contribution is -2.56. The standard InChI is InChI=1S/C22H19ClN4O5/c1-12-11-26(20(29)13-5-3-2-4-6-13)7-8-27(12)21(30)19(28)15-10-24-17-14(22(31)32)9-16(23)25-18(15)17/h2-6,9-10,12,24H,7-8,11H2,1H3,(H,31,32)/t12-/m1/s1. The molecule has 2 amide bonds. The van der Waals surface area contributed by atoms with Crippen molar-refractivity contribution in [1.82, 2.24) is 19.8 Å². The summed E-state index contributed by atoms with van der Waals surface area (Å²) >= 11 is 5.92. The summed E-state index contributed by atoms with van der Waals surface area (Å²) in [6.07, 6.45) is 1.26. The first kappa shape index (κ1) is 21.5. The van der Waals surface area contributed by atoms with Crippen molar-refractivity contribution < 1.29 is 24.3 Å². The van der Waals surface area contributed by atoms with E-state index in [0.717, 1.165) is 0 Å². The monoisotopic (exact) mass is 454 g/mol. The maximum Gasteiger partial charge on any atom is 0.338 e. The topological polar surface area (TPSA) is 124 Å². The number of carbonyl (C=O) groups excluding carboxylic acids is 3. The number of halogens is 1. The normalized spacial score (nSPS) is 16.2. The Morgan fingerprint density at radius 3 is 2.50 bits per heavy atom. The summed E-state index contributed by atoms with van der Waals surface area (Å²) in [6, 6.07) is 9.64. The average molecular weight is 455 g/mol. The molecule has 0 bridgehead atoms. The number of carboxylic acids is 1. The Labute approximate surface area is 187 Å². The van der Waals surface area contributed by atoms with Gasteiger partial charge < -0.3 is 19.9 Å². The molecule has 3 aromatic rings. The van der Waals surface area contributed by atoms with Gasteiger partial charge in [0, 0.05) is 37.4 Å². The van der Waals surface area contributed by atoms with E-state index in [1.165, 1.54) is 17.2 Å². The molecular formula is C22H19ClN4O5. The van der Waals surface area contributed by atoms with E-state index < -0.39 is 17.7 Å². The fourth-order valence-corrected chi connectivity index (χ4v) is 4.06. The largest absolute Gasteiger partial charge is 0.478 e. The van der Waals surface area contributed by atoms with Gasteiger partial charge in [-0.05, 0) is 25.1 Å². The van der Waals surface area contributed by atoms with Crippen LogP contribution in [0.4, 0.5) is 0 Å². The van der Waals surface area contributed by atoms with Gasteiger partial charge in [-0.1, -0.05) is 29.8 Å². The minimum Gasteiger partial charge on any atom is -0.478 e. The van der Waals surface area contributed by atoms with Crippen LogP contribution in [-0.4, -0.2) is 74.1 Å². The third kappa shape index (κ3) is 3.82. The maximum atomic E-state index is 13.0. The Kier molecular flexibility index (Phi) is 5.67. The summed E-state index contributed by atoms with van der Waals surface area (Å²) in [5, 5.41) is 9.26. The lowest BCUT2D eigenvalue weighted by atomic mass is 10.1. The Morgan fingerprint density at radius 2 is 1.84 bits per heavy atom. The number of ketones is 1. The lowest BCUT2D eigenvalue weighted by Gasteiger charge is -2.39. The summed E-state index contributed by atoms with van der Waals surface area (Å²) in [5.74, 6) is -2.94. The van der Waals surface area contributed by atoms with Crippen LogP contribution in [0, 0.1) is 0 Å². The zero-order chi connectivity index (χ0) is 23.0. The fraction of sp³-hybridized carbons (Fsp3) is 0.227. The Bertz CT molecular complexity index is 1240. The van der Waals surface area contributed by atoms with Crippen LogP contribution < -0.4 is 0 Å². The number of hydrogen-bond acceptors (Lipinski definition) is 5. The molecule has 2 aromatic heterocycles. The molecule has 1 fully saturated rings. The van der Waals surface area contributed by atoms with Crippen LogP contribution in [0.5, 0.6) is 0 Å². The molecule has 2 N–H and O–H groups in total. The van der Waals surface area contributed by atoms with Gasteiger partial charge in [-0.2, -0.15) is 0 Å². The molecule has 4 rings (SSSR count). The number of nitrogens with one attached hydrogen (secondary N) is 1. The van der Waals surface area contributed by atoms with E-state index in [0.29, 0.717) is 5.56 Å². The van der Waals surface area contributed by atoms with Crippen molar-refractivity contribution in [2.45, 2.75) is 13.0 Å². The lowest BCUT2D eigenvalue weighted by molar-refractivity contribution is -0.130. The van der Waals surface area contributed by atoms with Crippen LogP contribution in [-0.2, 0) is 4.79 Å². The smallest absolute Gasteiger partial charge is 0.338 e. The molecule has 1 aliphatic heterocycles. The fourth-order valence-electron chi connectivity index (χ4n) is 3.86. The zero-order valence-electron chi connectivity index (χ0n) is 17.0. The summed E-state index contributed by atoms with van der Waals surface area (Å²) in [6.45, 7) is 2.54. The van der Waals surface area contributed by atoms with Gasteiger partial charge in [0.25, 0.3) is 17.6 Å². The number of nitrogens with zero attached hydrogens (tertiary/aromatic N) is 3. The number of piperazine rings is 1. The maximum absolute atomic E-state index is 13.0. The predicted molar refractivity (Wildman–Crippen MR) is 116 cm³/mol. The van der Waals surface area contributed by atoms with Crippen molar-refractivity contribution in [2.75, 3.05) is 19.6 Å². The second kappa shape index (κ2) is 8.43. The van der Waals surface area contributed by atoms with Crippen LogP contribution in [0.3, 0.4) is 0 Å². The van der Waals surface area contributed by atoms with Crippen LogP contribution in [0.25, 0.3) is 11.0 Å². The molecule has 164 valence electrons. The molecule has 0 saturated carbocycles. The first-order chi connectivity index (χ1) is 15.3. The van der Waals surface area contributed by atoms with Gasteiger partial charge in [0.05, 0.1) is 16.6 Å². The van der Waals surface area contributed by atoms with Crippen molar-refractivity contribution in [3.05, 3.63) is 64.4 Å². The number of carbonyl (C=O) groups is 4.